The summed E-state index contributed by atoms with van der Waals surface area (Å²) in [4.78, 5) is 23.0. The molecule has 7 heteroatoms. The van der Waals surface area contributed by atoms with Crippen molar-refractivity contribution in [1.29, 1.82) is 0 Å². The SMILES string of the molecule is CCCSc1nc(N)c2c(n1)N(Cc1ccc(Cl)c(C)c1)C(=O)C2. The number of nitrogens with two attached hydrogens (primary N) is 1. The van der Waals surface area contributed by atoms with E-state index in [1.54, 1.807) is 16.7 Å². The molecule has 5 nitrogen and oxygen atoms in total. The van der Waals surface area contributed by atoms with Crippen LogP contribution in [0.25, 0.3) is 0 Å². The fourth-order valence-corrected chi connectivity index (χ4v) is 3.45. The third-order valence-electron chi connectivity index (χ3n) is 3.88. The lowest BCUT2D eigenvalue weighted by atomic mass is 10.1. The smallest absolute Gasteiger partial charge is 0.233 e. The van der Waals surface area contributed by atoms with Crippen molar-refractivity contribution in [3.05, 3.63) is 39.9 Å². The molecule has 0 fully saturated rings. The van der Waals surface area contributed by atoms with Crippen LogP contribution in [0.4, 0.5) is 11.6 Å². The van der Waals surface area contributed by atoms with Crippen molar-refractivity contribution < 1.29 is 4.79 Å². The van der Waals surface area contributed by atoms with Crippen molar-refractivity contribution >= 4 is 40.9 Å². The van der Waals surface area contributed by atoms with Gasteiger partial charge >= 0.3 is 0 Å². The number of amides is 1. The number of rotatable bonds is 5. The van der Waals surface area contributed by atoms with Crippen LogP contribution in [0.15, 0.2) is 23.4 Å². The molecule has 1 aromatic heterocycles. The summed E-state index contributed by atoms with van der Waals surface area (Å²) in [5.41, 5.74) is 8.77. The molecule has 1 amide bonds. The number of anilines is 2. The number of halogens is 1. The van der Waals surface area contributed by atoms with Gasteiger partial charge < -0.3 is 5.73 Å². The summed E-state index contributed by atoms with van der Waals surface area (Å²) in [6, 6.07) is 5.77. The average molecular weight is 363 g/mol. The van der Waals surface area contributed by atoms with E-state index in [9.17, 15) is 4.79 Å². The minimum Gasteiger partial charge on any atom is -0.383 e. The maximum Gasteiger partial charge on any atom is 0.233 e. The van der Waals surface area contributed by atoms with Crippen molar-refractivity contribution in [3.63, 3.8) is 0 Å². The summed E-state index contributed by atoms with van der Waals surface area (Å²) >= 11 is 7.63. The van der Waals surface area contributed by atoms with Gasteiger partial charge in [-0.25, -0.2) is 9.97 Å². The van der Waals surface area contributed by atoms with Crippen LogP contribution in [0.5, 0.6) is 0 Å². The number of thioether (sulfide) groups is 1. The minimum atomic E-state index is -0.00348. The van der Waals surface area contributed by atoms with Gasteiger partial charge in [-0.05, 0) is 30.5 Å². The molecular formula is C17H19ClN4OS. The van der Waals surface area contributed by atoms with Crippen LogP contribution in [0.3, 0.4) is 0 Å². The van der Waals surface area contributed by atoms with Gasteiger partial charge in [-0.15, -0.1) is 0 Å². The number of benzene rings is 1. The first-order valence-corrected chi connectivity index (χ1v) is 9.20. The molecule has 1 aromatic carbocycles. The lowest BCUT2D eigenvalue weighted by molar-refractivity contribution is -0.117. The quantitative estimate of drug-likeness (QED) is 0.649. The Hall–Kier alpha value is -1.79. The first-order valence-electron chi connectivity index (χ1n) is 7.84. The lowest BCUT2D eigenvalue weighted by Gasteiger charge is -2.17. The Labute approximate surface area is 150 Å². The third kappa shape index (κ3) is 3.35. The zero-order chi connectivity index (χ0) is 17.3. The minimum absolute atomic E-state index is 0.00348. The highest BCUT2D eigenvalue weighted by Crippen LogP contribution is 2.33. The van der Waals surface area contributed by atoms with Gasteiger partial charge in [-0.3, -0.25) is 9.69 Å². The number of nitrogen functional groups attached to an aromatic ring is 1. The Morgan fingerprint density at radius 2 is 2.17 bits per heavy atom. The third-order valence-corrected chi connectivity index (χ3v) is 5.36. The monoisotopic (exact) mass is 362 g/mol. The number of carbonyl (C=O) groups is 1. The Kier molecular flexibility index (Phi) is 4.96. The number of carbonyl (C=O) groups excluding carboxylic acids is 1. The predicted octanol–water partition coefficient (Wildman–Crippen LogP) is 3.61. The van der Waals surface area contributed by atoms with Crippen LogP contribution in [-0.2, 0) is 17.8 Å². The predicted molar refractivity (Wildman–Crippen MR) is 98.5 cm³/mol. The Morgan fingerprint density at radius 3 is 2.88 bits per heavy atom. The molecule has 0 saturated heterocycles. The summed E-state index contributed by atoms with van der Waals surface area (Å²) in [6.45, 7) is 4.51. The molecule has 0 unspecified atom stereocenters. The topological polar surface area (TPSA) is 72.1 Å². The van der Waals surface area contributed by atoms with Gasteiger partial charge in [0.2, 0.25) is 5.91 Å². The molecule has 0 spiro atoms. The average Bonchev–Trinajstić information content (AvgIpc) is 2.86. The van der Waals surface area contributed by atoms with Gasteiger partial charge in [0.25, 0.3) is 0 Å². The molecule has 1 aliphatic heterocycles. The van der Waals surface area contributed by atoms with E-state index in [4.69, 9.17) is 17.3 Å². The summed E-state index contributed by atoms with van der Waals surface area (Å²) in [7, 11) is 0. The molecule has 0 atom stereocenters. The Morgan fingerprint density at radius 1 is 1.38 bits per heavy atom. The van der Waals surface area contributed by atoms with E-state index in [2.05, 4.69) is 16.9 Å². The molecule has 126 valence electrons. The molecule has 0 radical (unpaired) electrons. The second-order valence-electron chi connectivity index (χ2n) is 5.78. The van der Waals surface area contributed by atoms with E-state index in [1.807, 2.05) is 25.1 Å². The van der Waals surface area contributed by atoms with E-state index in [1.165, 1.54) is 0 Å². The molecule has 2 aromatic rings. The number of nitrogens with zero attached hydrogens (tertiary/aromatic N) is 3. The zero-order valence-corrected chi connectivity index (χ0v) is 15.2. The highest BCUT2D eigenvalue weighted by atomic mass is 35.5. The number of aryl methyl sites for hydroxylation is 1. The zero-order valence-electron chi connectivity index (χ0n) is 13.7. The molecule has 2 N–H and O–H groups in total. The number of aromatic nitrogens is 2. The number of hydrogen-bond acceptors (Lipinski definition) is 5. The van der Waals surface area contributed by atoms with Crippen molar-refractivity contribution in [2.24, 2.45) is 0 Å². The largest absolute Gasteiger partial charge is 0.383 e. The summed E-state index contributed by atoms with van der Waals surface area (Å²) in [5, 5.41) is 1.34. The number of fused-ring (bicyclic) bond motifs is 1. The fraction of sp³-hybridized carbons (Fsp3) is 0.353. The number of hydrogen-bond donors (Lipinski definition) is 1. The highest BCUT2D eigenvalue weighted by molar-refractivity contribution is 7.99. The molecule has 0 aliphatic carbocycles. The molecule has 24 heavy (non-hydrogen) atoms. The van der Waals surface area contributed by atoms with Gasteiger partial charge in [0.1, 0.15) is 11.6 Å². The molecule has 1 aliphatic rings. The van der Waals surface area contributed by atoms with Crippen LogP contribution in [-0.4, -0.2) is 21.6 Å². The second kappa shape index (κ2) is 6.99. The van der Waals surface area contributed by atoms with E-state index < -0.39 is 0 Å². The second-order valence-corrected chi connectivity index (χ2v) is 7.25. The van der Waals surface area contributed by atoms with Crippen LogP contribution in [0.2, 0.25) is 5.02 Å². The van der Waals surface area contributed by atoms with Crippen molar-refractivity contribution in [2.75, 3.05) is 16.4 Å². The van der Waals surface area contributed by atoms with Crippen molar-refractivity contribution in [2.45, 2.75) is 38.4 Å². The van der Waals surface area contributed by atoms with Crippen LogP contribution in [0, 0.1) is 6.92 Å². The Balaban J connectivity index is 1.92. The first-order chi connectivity index (χ1) is 11.5. The van der Waals surface area contributed by atoms with Crippen molar-refractivity contribution in [1.82, 2.24) is 9.97 Å². The van der Waals surface area contributed by atoms with E-state index in [0.29, 0.717) is 23.3 Å². The lowest BCUT2D eigenvalue weighted by Crippen LogP contribution is -2.26. The van der Waals surface area contributed by atoms with Gasteiger partial charge in [0.15, 0.2) is 5.16 Å². The van der Waals surface area contributed by atoms with E-state index >= 15 is 0 Å². The fourth-order valence-electron chi connectivity index (χ4n) is 2.63. The van der Waals surface area contributed by atoms with Gasteiger partial charge in [-0.2, -0.15) is 0 Å². The van der Waals surface area contributed by atoms with Crippen LogP contribution in [0.1, 0.15) is 30.0 Å². The maximum atomic E-state index is 12.4. The molecule has 0 bridgehead atoms. The van der Waals surface area contributed by atoms with Crippen molar-refractivity contribution in [3.8, 4) is 0 Å². The van der Waals surface area contributed by atoms with E-state index in [0.717, 1.165) is 33.9 Å². The summed E-state index contributed by atoms with van der Waals surface area (Å²) in [6.07, 6.45) is 1.28. The highest BCUT2D eigenvalue weighted by Gasteiger charge is 2.32. The molecular weight excluding hydrogens is 344 g/mol. The maximum absolute atomic E-state index is 12.4. The van der Waals surface area contributed by atoms with Gasteiger partial charge in [0.05, 0.1) is 13.0 Å². The molecule has 3 rings (SSSR count). The van der Waals surface area contributed by atoms with Gasteiger partial charge in [-0.1, -0.05) is 42.4 Å². The van der Waals surface area contributed by atoms with Gasteiger partial charge in [0, 0.05) is 16.3 Å². The normalized spacial score (nSPS) is 13.5. The first kappa shape index (κ1) is 17.0. The van der Waals surface area contributed by atoms with E-state index in [-0.39, 0.29) is 12.3 Å². The standard InChI is InChI=1S/C17H19ClN4OS/c1-3-6-24-17-20-15(19)12-8-14(23)22(16(12)21-17)9-11-4-5-13(18)10(2)7-11/h4-5,7H,3,6,8-9H2,1-2H3,(H2,19,20,21). The summed E-state index contributed by atoms with van der Waals surface area (Å²) in [5.74, 6) is 1.96. The molecule has 0 saturated carbocycles. The van der Waals surface area contributed by atoms with Crippen LogP contribution >= 0.6 is 23.4 Å². The summed E-state index contributed by atoms with van der Waals surface area (Å²) < 4.78 is 0. The Bertz CT molecular complexity index is 796. The molecule has 2 heterocycles. The van der Waals surface area contributed by atoms with Crippen LogP contribution < -0.4 is 10.6 Å².